The Morgan fingerprint density at radius 2 is 1.76 bits per heavy atom. The highest BCUT2D eigenvalue weighted by molar-refractivity contribution is 8.00. The van der Waals surface area contributed by atoms with E-state index in [9.17, 15) is 10.2 Å². The highest BCUT2D eigenvalue weighted by atomic mass is 32.2. The second kappa shape index (κ2) is 5.77. The van der Waals surface area contributed by atoms with Crippen molar-refractivity contribution in [1.29, 1.82) is 0 Å². The van der Waals surface area contributed by atoms with Gasteiger partial charge in [0.25, 0.3) is 0 Å². The molecule has 3 heteroatoms. The number of rotatable bonds is 2. The summed E-state index contributed by atoms with van der Waals surface area (Å²) in [7, 11) is 0. The van der Waals surface area contributed by atoms with Crippen LogP contribution in [0.5, 0.6) is 0 Å². The molecule has 0 aromatic rings. The highest BCUT2D eigenvalue weighted by Crippen LogP contribution is 2.38. The van der Waals surface area contributed by atoms with Crippen LogP contribution in [0.2, 0.25) is 0 Å². The van der Waals surface area contributed by atoms with Crippen LogP contribution in [0.4, 0.5) is 0 Å². The summed E-state index contributed by atoms with van der Waals surface area (Å²) in [4.78, 5) is 0. The summed E-state index contributed by atoms with van der Waals surface area (Å²) in [5.74, 6) is 0.820. The third kappa shape index (κ3) is 3.49. The van der Waals surface area contributed by atoms with Crippen LogP contribution in [0.3, 0.4) is 0 Å². The van der Waals surface area contributed by atoms with Crippen LogP contribution in [0, 0.1) is 11.8 Å². The van der Waals surface area contributed by atoms with Gasteiger partial charge in [-0.1, -0.05) is 26.0 Å². The average Bonchev–Trinajstić information content (AvgIpc) is 2.29. The Balaban J connectivity index is 1.84. The van der Waals surface area contributed by atoms with Crippen molar-refractivity contribution in [3.05, 3.63) is 12.2 Å². The molecule has 0 heterocycles. The van der Waals surface area contributed by atoms with E-state index in [2.05, 4.69) is 19.9 Å². The topological polar surface area (TPSA) is 40.5 Å². The number of hydrogen-bond donors (Lipinski definition) is 2. The van der Waals surface area contributed by atoms with E-state index in [0.29, 0.717) is 22.3 Å². The summed E-state index contributed by atoms with van der Waals surface area (Å²) in [5.41, 5.74) is 0. The van der Waals surface area contributed by atoms with E-state index < -0.39 is 0 Å². The summed E-state index contributed by atoms with van der Waals surface area (Å²) in [6.45, 7) is 4.27. The molecule has 2 aliphatic rings. The van der Waals surface area contributed by atoms with Crippen molar-refractivity contribution >= 4 is 11.8 Å². The molecule has 98 valence electrons. The van der Waals surface area contributed by atoms with E-state index in [0.717, 1.165) is 25.7 Å². The summed E-state index contributed by atoms with van der Waals surface area (Å²) in [6.07, 6.45) is 8.08. The maximum Gasteiger partial charge on any atom is 0.0747 e. The maximum atomic E-state index is 9.72. The summed E-state index contributed by atoms with van der Waals surface area (Å²) in [6, 6.07) is 0. The normalized spacial score (nSPS) is 47.1. The predicted molar refractivity (Wildman–Crippen MR) is 73.1 cm³/mol. The van der Waals surface area contributed by atoms with Gasteiger partial charge in [-0.25, -0.2) is 0 Å². The molecule has 0 aliphatic heterocycles. The minimum absolute atomic E-state index is 0.0884. The second-order valence-corrected chi connectivity index (χ2v) is 7.29. The lowest BCUT2D eigenvalue weighted by Gasteiger charge is -2.34. The molecule has 0 bridgehead atoms. The van der Waals surface area contributed by atoms with Gasteiger partial charge in [0.15, 0.2) is 0 Å². The van der Waals surface area contributed by atoms with Gasteiger partial charge in [0, 0.05) is 10.5 Å². The number of aliphatic hydroxyl groups excluding tert-OH is 2. The summed E-state index contributed by atoms with van der Waals surface area (Å²) in [5, 5.41) is 20.6. The number of aliphatic hydroxyl groups is 2. The van der Waals surface area contributed by atoms with Crippen LogP contribution in [0.15, 0.2) is 12.2 Å². The Bertz CT molecular complexity index is 279. The smallest absolute Gasteiger partial charge is 0.0747 e. The fourth-order valence-corrected chi connectivity index (χ4v) is 4.59. The average molecular weight is 256 g/mol. The van der Waals surface area contributed by atoms with Crippen LogP contribution in [-0.2, 0) is 0 Å². The molecule has 17 heavy (non-hydrogen) atoms. The zero-order valence-electron chi connectivity index (χ0n) is 10.7. The Labute approximate surface area is 108 Å². The van der Waals surface area contributed by atoms with Gasteiger partial charge in [-0.2, -0.15) is 11.8 Å². The van der Waals surface area contributed by atoms with Crippen LogP contribution in [0.25, 0.3) is 0 Å². The largest absolute Gasteiger partial charge is 0.393 e. The fourth-order valence-electron chi connectivity index (χ4n) is 2.81. The zero-order valence-corrected chi connectivity index (χ0v) is 11.6. The molecule has 1 fully saturated rings. The van der Waals surface area contributed by atoms with E-state index in [1.807, 2.05) is 17.8 Å². The highest BCUT2D eigenvalue weighted by Gasteiger charge is 2.29. The lowest BCUT2D eigenvalue weighted by Crippen LogP contribution is -2.30. The van der Waals surface area contributed by atoms with Gasteiger partial charge in [-0.15, -0.1) is 0 Å². The SMILES string of the molecule is CC1CC(SC2CCC(O)C(C)C2)C=CC1O. The lowest BCUT2D eigenvalue weighted by atomic mass is 9.88. The summed E-state index contributed by atoms with van der Waals surface area (Å²) >= 11 is 2.04. The monoisotopic (exact) mass is 256 g/mol. The predicted octanol–water partition coefficient (Wildman–Crippen LogP) is 2.59. The first-order valence-electron chi connectivity index (χ1n) is 6.76. The third-order valence-corrected chi connectivity index (χ3v) is 5.67. The first kappa shape index (κ1) is 13.4. The molecular formula is C14H24O2S. The maximum absolute atomic E-state index is 9.72. The fraction of sp³-hybridized carbons (Fsp3) is 0.857. The molecule has 0 amide bonds. The number of hydrogen-bond acceptors (Lipinski definition) is 3. The molecule has 0 radical (unpaired) electrons. The molecule has 6 atom stereocenters. The minimum Gasteiger partial charge on any atom is -0.393 e. The van der Waals surface area contributed by atoms with Crippen LogP contribution in [0.1, 0.15) is 39.5 Å². The van der Waals surface area contributed by atoms with Gasteiger partial charge in [0.2, 0.25) is 0 Å². The van der Waals surface area contributed by atoms with E-state index in [4.69, 9.17) is 0 Å². The molecule has 0 aromatic heterocycles. The van der Waals surface area contributed by atoms with Crippen molar-refractivity contribution < 1.29 is 10.2 Å². The van der Waals surface area contributed by atoms with Gasteiger partial charge < -0.3 is 10.2 Å². The molecule has 2 aliphatic carbocycles. The number of thioether (sulfide) groups is 1. The Morgan fingerprint density at radius 3 is 2.41 bits per heavy atom. The molecular weight excluding hydrogens is 232 g/mol. The van der Waals surface area contributed by atoms with Crippen molar-refractivity contribution in [3.63, 3.8) is 0 Å². The van der Waals surface area contributed by atoms with E-state index in [1.165, 1.54) is 0 Å². The van der Waals surface area contributed by atoms with E-state index >= 15 is 0 Å². The first-order valence-corrected chi connectivity index (χ1v) is 7.70. The van der Waals surface area contributed by atoms with Gasteiger partial charge in [0.05, 0.1) is 12.2 Å². The van der Waals surface area contributed by atoms with Crippen molar-refractivity contribution in [3.8, 4) is 0 Å². The molecule has 2 N–H and O–H groups in total. The van der Waals surface area contributed by atoms with Crippen molar-refractivity contribution in [2.45, 2.75) is 62.2 Å². The lowest BCUT2D eigenvalue weighted by molar-refractivity contribution is 0.0814. The molecule has 1 saturated carbocycles. The first-order chi connectivity index (χ1) is 8.06. The Hall–Kier alpha value is 0.01000. The second-order valence-electron chi connectivity index (χ2n) is 5.74. The van der Waals surface area contributed by atoms with E-state index in [-0.39, 0.29) is 12.2 Å². The van der Waals surface area contributed by atoms with Crippen molar-refractivity contribution in [1.82, 2.24) is 0 Å². The van der Waals surface area contributed by atoms with Gasteiger partial charge in [-0.05, 0) is 37.5 Å². The standard InChI is InChI=1S/C14H24O2S/c1-9-7-11(3-5-13(9)15)17-12-4-6-14(16)10(2)8-12/h3,5,9-16H,4,6-8H2,1-2H3. The molecule has 2 rings (SSSR count). The Morgan fingerprint density at radius 1 is 1.00 bits per heavy atom. The van der Waals surface area contributed by atoms with Gasteiger partial charge >= 0.3 is 0 Å². The molecule has 2 nitrogen and oxygen atoms in total. The van der Waals surface area contributed by atoms with Crippen molar-refractivity contribution in [2.75, 3.05) is 0 Å². The van der Waals surface area contributed by atoms with Gasteiger partial charge in [-0.3, -0.25) is 0 Å². The Kier molecular flexibility index (Phi) is 4.56. The molecule has 0 saturated heterocycles. The van der Waals surface area contributed by atoms with Crippen LogP contribution < -0.4 is 0 Å². The zero-order chi connectivity index (χ0) is 12.4. The molecule has 6 unspecified atom stereocenters. The third-order valence-electron chi connectivity index (χ3n) is 4.15. The van der Waals surface area contributed by atoms with E-state index in [1.54, 1.807) is 0 Å². The quantitative estimate of drug-likeness (QED) is 0.746. The van der Waals surface area contributed by atoms with Gasteiger partial charge in [0.1, 0.15) is 0 Å². The minimum atomic E-state index is -0.251. The van der Waals surface area contributed by atoms with Crippen molar-refractivity contribution in [2.24, 2.45) is 11.8 Å². The van der Waals surface area contributed by atoms with Crippen LogP contribution in [-0.4, -0.2) is 32.9 Å². The molecule has 0 spiro atoms. The molecule has 0 aromatic carbocycles. The summed E-state index contributed by atoms with van der Waals surface area (Å²) < 4.78 is 0. The van der Waals surface area contributed by atoms with Crippen LogP contribution >= 0.6 is 11.8 Å².